The fourth-order valence-electron chi connectivity index (χ4n) is 2.60. The molecule has 1 fully saturated rings. The summed E-state index contributed by atoms with van der Waals surface area (Å²) < 4.78 is 32.1. The minimum atomic E-state index is -3.61. The smallest absolute Gasteiger partial charge is 0.246 e. The molecule has 25 heavy (non-hydrogen) atoms. The molecule has 1 heterocycles. The molecule has 1 amide bonds. The summed E-state index contributed by atoms with van der Waals surface area (Å²) in [6, 6.07) is 6.22. The van der Waals surface area contributed by atoms with Gasteiger partial charge in [-0.05, 0) is 37.1 Å². The van der Waals surface area contributed by atoms with Crippen LogP contribution in [0.1, 0.15) is 26.2 Å². The van der Waals surface area contributed by atoms with E-state index in [1.807, 2.05) is 6.92 Å². The summed E-state index contributed by atoms with van der Waals surface area (Å²) in [5.74, 6) is 5.47. The standard InChI is InChI=1S/C17H22N2O5S/c1-2-3-4-13-24-15-5-7-16(8-6-15)25(22,23)19-11-9-14(10-12-19)17(20)18-21/h5-8,14,21H,2,9-13H2,1H3,(H,18,20). The second-order valence-corrected chi connectivity index (χ2v) is 7.56. The highest BCUT2D eigenvalue weighted by Crippen LogP contribution is 2.25. The van der Waals surface area contributed by atoms with Gasteiger partial charge < -0.3 is 4.74 Å². The van der Waals surface area contributed by atoms with E-state index < -0.39 is 15.9 Å². The number of nitrogens with zero attached hydrogens (tertiary/aromatic N) is 1. The van der Waals surface area contributed by atoms with E-state index in [1.165, 1.54) is 16.4 Å². The predicted octanol–water partition coefficient (Wildman–Crippen LogP) is 1.38. The summed E-state index contributed by atoms with van der Waals surface area (Å²) in [6.07, 6.45) is 1.52. The van der Waals surface area contributed by atoms with E-state index in [4.69, 9.17) is 9.94 Å². The molecule has 1 aromatic rings. The first-order valence-corrected chi connectivity index (χ1v) is 9.55. The van der Waals surface area contributed by atoms with E-state index in [9.17, 15) is 13.2 Å². The van der Waals surface area contributed by atoms with Gasteiger partial charge in [-0.1, -0.05) is 12.8 Å². The molecule has 0 bridgehead atoms. The lowest BCUT2D eigenvalue weighted by atomic mass is 9.98. The van der Waals surface area contributed by atoms with Crippen LogP contribution in [-0.4, -0.2) is 43.5 Å². The largest absolute Gasteiger partial charge is 0.481 e. The molecule has 1 saturated heterocycles. The second-order valence-electron chi connectivity index (χ2n) is 5.62. The Morgan fingerprint density at radius 1 is 1.28 bits per heavy atom. The minimum Gasteiger partial charge on any atom is -0.481 e. The molecule has 0 radical (unpaired) electrons. The molecule has 0 spiro atoms. The third kappa shape index (κ3) is 4.95. The van der Waals surface area contributed by atoms with Crippen molar-refractivity contribution in [2.45, 2.75) is 31.1 Å². The normalized spacial score (nSPS) is 15.9. The van der Waals surface area contributed by atoms with Crippen LogP contribution in [0.3, 0.4) is 0 Å². The van der Waals surface area contributed by atoms with Crippen LogP contribution in [0.5, 0.6) is 5.75 Å². The van der Waals surface area contributed by atoms with Crippen LogP contribution in [0.25, 0.3) is 0 Å². The topological polar surface area (TPSA) is 95.9 Å². The zero-order valence-corrected chi connectivity index (χ0v) is 14.9. The quantitative estimate of drug-likeness (QED) is 0.466. The third-order valence-electron chi connectivity index (χ3n) is 4.01. The minimum absolute atomic E-state index is 0.185. The number of ether oxygens (including phenoxy) is 1. The number of carbonyl (C=O) groups excluding carboxylic acids is 1. The van der Waals surface area contributed by atoms with E-state index in [0.29, 0.717) is 18.6 Å². The highest BCUT2D eigenvalue weighted by atomic mass is 32.2. The summed E-state index contributed by atoms with van der Waals surface area (Å²) >= 11 is 0. The molecule has 0 unspecified atom stereocenters. The third-order valence-corrected chi connectivity index (χ3v) is 5.92. The maximum absolute atomic E-state index is 12.7. The Hall–Kier alpha value is -2.08. The molecule has 1 aliphatic heterocycles. The first kappa shape index (κ1) is 19.2. The van der Waals surface area contributed by atoms with Crippen molar-refractivity contribution in [1.29, 1.82) is 0 Å². The van der Waals surface area contributed by atoms with Gasteiger partial charge >= 0.3 is 0 Å². The van der Waals surface area contributed by atoms with E-state index in [2.05, 4.69) is 11.8 Å². The molecule has 136 valence electrons. The number of piperidine rings is 1. The van der Waals surface area contributed by atoms with E-state index >= 15 is 0 Å². The van der Waals surface area contributed by atoms with Gasteiger partial charge in [0.25, 0.3) is 0 Å². The Balaban J connectivity index is 1.99. The molecule has 0 aromatic heterocycles. The number of sulfonamides is 1. The summed E-state index contributed by atoms with van der Waals surface area (Å²) in [5.41, 5.74) is 1.62. The number of amides is 1. The van der Waals surface area contributed by atoms with Gasteiger partial charge in [0, 0.05) is 25.4 Å². The summed E-state index contributed by atoms with van der Waals surface area (Å²) in [6.45, 7) is 2.70. The van der Waals surface area contributed by atoms with Gasteiger partial charge in [0.05, 0.1) is 4.90 Å². The molecule has 1 aromatic carbocycles. The Morgan fingerprint density at radius 2 is 1.92 bits per heavy atom. The van der Waals surface area contributed by atoms with Crippen LogP contribution in [-0.2, 0) is 14.8 Å². The molecular weight excluding hydrogens is 344 g/mol. The molecule has 2 rings (SSSR count). The van der Waals surface area contributed by atoms with Crippen molar-refractivity contribution in [1.82, 2.24) is 9.79 Å². The number of hydroxylamine groups is 1. The second kappa shape index (κ2) is 8.85. The lowest BCUT2D eigenvalue weighted by Crippen LogP contribution is -2.42. The van der Waals surface area contributed by atoms with Crippen molar-refractivity contribution < 1.29 is 23.2 Å². The molecule has 0 saturated carbocycles. The lowest BCUT2D eigenvalue weighted by Gasteiger charge is -2.30. The number of carbonyl (C=O) groups is 1. The molecule has 8 heteroatoms. The van der Waals surface area contributed by atoms with Crippen molar-refractivity contribution in [3.05, 3.63) is 24.3 Å². The SMILES string of the molecule is CCC#CCOc1ccc(S(=O)(=O)N2CCC(C(=O)NO)CC2)cc1. The number of hydrogen-bond acceptors (Lipinski definition) is 5. The predicted molar refractivity (Wildman–Crippen MR) is 91.4 cm³/mol. The van der Waals surface area contributed by atoms with Crippen LogP contribution in [0, 0.1) is 17.8 Å². The Labute approximate surface area is 148 Å². The molecule has 0 atom stereocenters. The highest BCUT2D eigenvalue weighted by Gasteiger charge is 2.31. The van der Waals surface area contributed by atoms with Gasteiger partial charge in [-0.3, -0.25) is 10.0 Å². The zero-order chi connectivity index (χ0) is 18.3. The maximum atomic E-state index is 12.7. The van der Waals surface area contributed by atoms with E-state index in [0.717, 1.165) is 6.42 Å². The zero-order valence-electron chi connectivity index (χ0n) is 14.1. The fraction of sp³-hybridized carbons (Fsp3) is 0.471. The maximum Gasteiger partial charge on any atom is 0.246 e. The van der Waals surface area contributed by atoms with Gasteiger partial charge in [0.1, 0.15) is 12.4 Å². The first-order chi connectivity index (χ1) is 12.0. The lowest BCUT2D eigenvalue weighted by molar-refractivity contribution is -0.134. The van der Waals surface area contributed by atoms with Crippen molar-refractivity contribution in [2.75, 3.05) is 19.7 Å². The van der Waals surface area contributed by atoms with Crippen molar-refractivity contribution >= 4 is 15.9 Å². The molecular formula is C17H22N2O5S. The summed E-state index contributed by atoms with van der Waals surface area (Å²) in [7, 11) is -3.61. The van der Waals surface area contributed by atoms with Crippen LogP contribution in [0.4, 0.5) is 0 Å². The van der Waals surface area contributed by atoms with Gasteiger partial charge in [-0.15, -0.1) is 5.92 Å². The van der Waals surface area contributed by atoms with Gasteiger partial charge in [0.2, 0.25) is 15.9 Å². The highest BCUT2D eigenvalue weighted by molar-refractivity contribution is 7.89. The Morgan fingerprint density at radius 3 is 2.48 bits per heavy atom. The van der Waals surface area contributed by atoms with Crippen molar-refractivity contribution in [3.63, 3.8) is 0 Å². The number of benzene rings is 1. The van der Waals surface area contributed by atoms with Crippen molar-refractivity contribution in [2.24, 2.45) is 5.92 Å². The average molecular weight is 366 g/mol. The van der Waals surface area contributed by atoms with E-state index in [1.54, 1.807) is 17.6 Å². The van der Waals surface area contributed by atoms with Crippen LogP contribution >= 0.6 is 0 Å². The summed E-state index contributed by atoms with van der Waals surface area (Å²) in [5, 5.41) is 8.66. The van der Waals surface area contributed by atoms with Gasteiger partial charge in [-0.25, -0.2) is 13.9 Å². The van der Waals surface area contributed by atoms with Crippen LogP contribution in [0.15, 0.2) is 29.2 Å². The first-order valence-electron chi connectivity index (χ1n) is 8.11. The molecule has 2 N–H and O–H groups in total. The van der Waals surface area contributed by atoms with Crippen LogP contribution < -0.4 is 10.2 Å². The van der Waals surface area contributed by atoms with Gasteiger partial charge in [-0.2, -0.15) is 4.31 Å². The fourth-order valence-corrected chi connectivity index (χ4v) is 4.07. The average Bonchev–Trinajstić information content (AvgIpc) is 2.65. The molecule has 0 aliphatic carbocycles. The van der Waals surface area contributed by atoms with Crippen LogP contribution in [0.2, 0.25) is 0 Å². The van der Waals surface area contributed by atoms with Crippen molar-refractivity contribution in [3.8, 4) is 17.6 Å². The summed E-state index contributed by atoms with van der Waals surface area (Å²) in [4.78, 5) is 11.6. The number of hydrogen-bond donors (Lipinski definition) is 2. The Bertz CT molecular complexity index is 741. The molecule has 1 aliphatic rings. The number of rotatable bonds is 5. The monoisotopic (exact) mass is 366 g/mol. The Kier molecular flexibility index (Phi) is 6.82. The van der Waals surface area contributed by atoms with E-state index in [-0.39, 0.29) is 30.5 Å². The van der Waals surface area contributed by atoms with Gasteiger partial charge in [0.15, 0.2) is 0 Å². The number of nitrogens with one attached hydrogen (secondary N) is 1. The molecule has 7 nitrogen and oxygen atoms in total.